The Morgan fingerprint density at radius 3 is 2.94 bits per heavy atom. The van der Waals surface area contributed by atoms with E-state index in [9.17, 15) is 0 Å². The highest BCUT2D eigenvalue weighted by Crippen LogP contribution is 2.30. The molecule has 1 fully saturated rings. The first-order chi connectivity index (χ1) is 7.70. The molecule has 88 valence electrons. The fourth-order valence-corrected chi connectivity index (χ4v) is 2.74. The van der Waals surface area contributed by atoms with Crippen LogP contribution in [0.1, 0.15) is 19.3 Å². The molecule has 0 spiro atoms. The Morgan fingerprint density at radius 1 is 1.44 bits per heavy atom. The Balaban J connectivity index is 2.05. The van der Waals surface area contributed by atoms with Gasteiger partial charge in [0.15, 0.2) is 0 Å². The number of halogens is 2. The molecule has 0 radical (unpaired) electrons. The predicted octanol–water partition coefficient (Wildman–Crippen LogP) is 3.64. The molecule has 0 aromatic heterocycles. The van der Waals surface area contributed by atoms with Crippen molar-refractivity contribution in [2.24, 2.45) is 11.7 Å². The first-order valence-corrected chi connectivity index (χ1v) is 6.79. The van der Waals surface area contributed by atoms with E-state index in [2.05, 4.69) is 21.2 Å². The van der Waals surface area contributed by atoms with Gasteiger partial charge in [-0.1, -0.05) is 18.0 Å². The van der Waals surface area contributed by atoms with E-state index in [4.69, 9.17) is 17.3 Å². The average molecular weight is 304 g/mol. The van der Waals surface area contributed by atoms with Gasteiger partial charge >= 0.3 is 0 Å². The van der Waals surface area contributed by atoms with Crippen molar-refractivity contribution in [3.8, 4) is 0 Å². The zero-order chi connectivity index (χ0) is 11.5. The Labute approximate surface area is 110 Å². The number of nitrogens with two attached hydrogens (primary N) is 1. The van der Waals surface area contributed by atoms with Gasteiger partial charge in [0.2, 0.25) is 0 Å². The van der Waals surface area contributed by atoms with E-state index in [0.29, 0.717) is 12.0 Å². The van der Waals surface area contributed by atoms with E-state index in [1.165, 1.54) is 19.3 Å². The average Bonchev–Trinajstić information content (AvgIpc) is 2.71. The number of nitrogens with one attached hydrogen (secondary N) is 1. The van der Waals surface area contributed by atoms with Gasteiger partial charge in [0.05, 0.1) is 5.02 Å². The van der Waals surface area contributed by atoms with Crippen LogP contribution in [0.25, 0.3) is 0 Å². The van der Waals surface area contributed by atoms with Crippen molar-refractivity contribution in [2.75, 3.05) is 11.9 Å². The van der Waals surface area contributed by atoms with E-state index >= 15 is 0 Å². The third-order valence-corrected chi connectivity index (χ3v) is 4.47. The van der Waals surface area contributed by atoms with Gasteiger partial charge in [-0.3, -0.25) is 0 Å². The predicted molar refractivity (Wildman–Crippen MR) is 73.0 cm³/mol. The van der Waals surface area contributed by atoms with Crippen LogP contribution in [0.4, 0.5) is 5.69 Å². The minimum Gasteiger partial charge on any atom is -0.382 e. The molecule has 0 saturated heterocycles. The lowest BCUT2D eigenvalue weighted by Crippen LogP contribution is -2.29. The normalized spacial score (nSPS) is 24.7. The summed E-state index contributed by atoms with van der Waals surface area (Å²) in [5.41, 5.74) is 6.84. The van der Waals surface area contributed by atoms with Crippen molar-refractivity contribution < 1.29 is 0 Å². The second-order valence-corrected chi connectivity index (χ2v) is 5.57. The van der Waals surface area contributed by atoms with Gasteiger partial charge in [-0.05, 0) is 59.4 Å². The van der Waals surface area contributed by atoms with Gasteiger partial charge < -0.3 is 11.1 Å². The summed E-state index contributed by atoms with van der Waals surface area (Å²) in [5.74, 6) is 0.599. The van der Waals surface area contributed by atoms with E-state index in [0.717, 1.165) is 21.7 Å². The largest absolute Gasteiger partial charge is 0.382 e. The van der Waals surface area contributed by atoms with Crippen molar-refractivity contribution in [2.45, 2.75) is 25.3 Å². The third-order valence-electron chi connectivity index (χ3n) is 3.23. The lowest BCUT2D eigenvalue weighted by molar-refractivity contribution is 0.516. The molecule has 16 heavy (non-hydrogen) atoms. The molecule has 0 amide bonds. The Morgan fingerprint density at radius 2 is 2.25 bits per heavy atom. The van der Waals surface area contributed by atoms with Crippen LogP contribution in [0, 0.1) is 5.92 Å². The van der Waals surface area contributed by atoms with E-state index in [1.807, 2.05) is 18.2 Å². The maximum absolute atomic E-state index is 6.06. The van der Waals surface area contributed by atoms with Crippen molar-refractivity contribution in [1.82, 2.24) is 0 Å². The topological polar surface area (TPSA) is 38.0 Å². The summed E-state index contributed by atoms with van der Waals surface area (Å²) in [5, 5.41) is 4.27. The second-order valence-electron chi connectivity index (χ2n) is 4.31. The fourth-order valence-electron chi connectivity index (χ4n) is 2.31. The van der Waals surface area contributed by atoms with Gasteiger partial charge in [0.1, 0.15) is 0 Å². The Hall–Kier alpha value is -0.250. The molecule has 1 aliphatic carbocycles. The first kappa shape index (κ1) is 12.2. The molecular weight excluding hydrogens is 288 g/mol. The first-order valence-electron chi connectivity index (χ1n) is 5.62. The lowest BCUT2D eigenvalue weighted by Gasteiger charge is -2.20. The highest BCUT2D eigenvalue weighted by atomic mass is 79.9. The van der Waals surface area contributed by atoms with Crippen LogP contribution in [0.2, 0.25) is 5.02 Å². The van der Waals surface area contributed by atoms with Crippen molar-refractivity contribution >= 4 is 33.2 Å². The van der Waals surface area contributed by atoms with Crippen LogP contribution in [-0.4, -0.2) is 12.6 Å². The quantitative estimate of drug-likeness (QED) is 0.894. The zero-order valence-electron chi connectivity index (χ0n) is 9.05. The summed E-state index contributed by atoms with van der Waals surface area (Å²) in [6.07, 6.45) is 3.71. The van der Waals surface area contributed by atoms with Gasteiger partial charge in [-0.15, -0.1) is 0 Å². The smallest absolute Gasteiger partial charge is 0.0568 e. The van der Waals surface area contributed by atoms with Gasteiger partial charge in [-0.2, -0.15) is 0 Å². The summed E-state index contributed by atoms with van der Waals surface area (Å²) in [6, 6.07) is 6.47. The van der Waals surface area contributed by atoms with Crippen molar-refractivity contribution in [3.05, 3.63) is 27.7 Å². The molecule has 1 aromatic rings. The van der Waals surface area contributed by atoms with Crippen LogP contribution < -0.4 is 11.1 Å². The summed E-state index contributed by atoms with van der Waals surface area (Å²) in [4.78, 5) is 0. The number of benzene rings is 1. The second kappa shape index (κ2) is 5.39. The third kappa shape index (κ3) is 2.70. The number of hydrogen-bond donors (Lipinski definition) is 2. The summed E-state index contributed by atoms with van der Waals surface area (Å²) in [6.45, 7) is 0.766. The van der Waals surface area contributed by atoms with Crippen LogP contribution in [0.5, 0.6) is 0 Å². The van der Waals surface area contributed by atoms with Crippen LogP contribution in [-0.2, 0) is 0 Å². The molecule has 2 nitrogen and oxygen atoms in total. The minimum absolute atomic E-state index is 0.502. The Kier molecular flexibility index (Phi) is 4.11. The van der Waals surface area contributed by atoms with Gasteiger partial charge in [0.25, 0.3) is 0 Å². The van der Waals surface area contributed by atoms with Crippen molar-refractivity contribution in [3.63, 3.8) is 0 Å². The molecule has 1 aliphatic rings. The molecule has 0 heterocycles. The van der Waals surface area contributed by atoms with Gasteiger partial charge in [-0.25, -0.2) is 0 Å². The molecule has 2 unspecified atom stereocenters. The lowest BCUT2D eigenvalue weighted by atomic mass is 10.0. The number of hydrogen-bond acceptors (Lipinski definition) is 2. The summed E-state index contributed by atoms with van der Waals surface area (Å²) in [7, 11) is 0. The Bertz CT molecular complexity index is 370. The van der Waals surface area contributed by atoms with E-state index in [1.54, 1.807) is 0 Å². The molecule has 2 atom stereocenters. The van der Waals surface area contributed by atoms with E-state index in [-0.39, 0.29) is 0 Å². The summed E-state index contributed by atoms with van der Waals surface area (Å²) >= 11 is 9.45. The van der Waals surface area contributed by atoms with Crippen molar-refractivity contribution in [1.29, 1.82) is 0 Å². The molecule has 0 bridgehead atoms. The van der Waals surface area contributed by atoms with Crippen LogP contribution in [0.3, 0.4) is 0 Å². The minimum atomic E-state index is 0.502. The highest BCUT2D eigenvalue weighted by Gasteiger charge is 2.25. The summed E-state index contributed by atoms with van der Waals surface area (Å²) < 4.78 is 0.932. The molecule has 4 heteroatoms. The fraction of sp³-hybridized carbons (Fsp3) is 0.500. The van der Waals surface area contributed by atoms with E-state index < -0.39 is 0 Å². The molecule has 0 aliphatic heterocycles. The maximum Gasteiger partial charge on any atom is 0.0568 e. The molecule has 1 aromatic carbocycles. The highest BCUT2D eigenvalue weighted by molar-refractivity contribution is 9.10. The van der Waals surface area contributed by atoms with Gasteiger partial charge in [0, 0.05) is 16.2 Å². The molecule has 2 rings (SSSR count). The molecular formula is C12H16BrClN2. The standard InChI is InChI=1S/C12H16BrClN2/c13-10-5-4-9(6-11(10)14)16-12-3-1-2-8(12)7-15/h4-6,8,12,16H,1-3,7,15H2. The zero-order valence-corrected chi connectivity index (χ0v) is 11.4. The maximum atomic E-state index is 6.06. The molecule has 3 N–H and O–H groups in total. The number of rotatable bonds is 3. The monoisotopic (exact) mass is 302 g/mol. The molecule has 1 saturated carbocycles. The SMILES string of the molecule is NCC1CCCC1Nc1ccc(Br)c(Cl)c1. The van der Waals surface area contributed by atoms with Crippen LogP contribution >= 0.6 is 27.5 Å². The van der Waals surface area contributed by atoms with Crippen LogP contribution in [0.15, 0.2) is 22.7 Å². The number of anilines is 1.